The fraction of sp³-hybridized carbons (Fsp3) is 0.467. The Kier molecular flexibility index (Phi) is 7.11. The lowest BCUT2D eigenvalue weighted by molar-refractivity contribution is -0.131. The summed E-state index contributed by atoms with van der Waals surface area (Å²) in [7, 11) is 3.50. The van der Waals surface area contributed by atoms with Crippen molar-refractivity contribution in [2.24, 2.45) is 0 Å². The molecule has 0 aromatic carbocycles. The maximum Gasteiger partial charge on any atom is 0.328 e. The van der Waals surface area contributed by atoms with Crippen LogP contribution >= 0.6 is 11.3 Å². The van der Waals surface area contributed by atoms with Gasteiger partial charge in [-0.05, 0) is 36.1 Å². The number of hydrogen-bond donors (Lipinski definition) is 1. The van der Waals surface area contributed by atoms with Crippen molar-refractivity contribution in [1.29, 1.82) is 0 Å². The molecule has 0 saturated heterocycles. The Balaban J connectivity index is 2.77. The van der Waals surface area contributed by atoms with E-state index < -0.39 is 5.97 Å². The molecule has 1 N–H and O–H groups in total. The van der Waals surface area contributed by atoms with E-state index in [2.05, 4.69) is 11.8 Å². The van der Waals surface area contributed by atoms with Crippen molar-refractivity contribution >= 4 is 29.3 Å². The lowest BCUT2D eigenvalue weighted by atomic mass is 10.2. The highest BCUT2D eigenvalue weighted by molar-refractivity contribution is 7.10. The molecule has 0 aliphatic heterocycles. The quantitative estimate of drug-likeness (QED) is 0.747. The van der Waals surface area contributed by atoms with Gasteiger partial charge in [-0.25, -0.2) is 4.79 Å². The summed E-state index contributed by atoms with van der Waals surface area (Å²) in [5, 5.41) is 10.6. The number of hydrogen-bond acceptors (Lipinski definition) is 4. The summed E-state index contributed by atoms with van der Waals surface area (Å²) in [5.41, 5.74) is 0.904. The first-order valence-electron chi connectivity index (χ1n) is 6.84. The summed E-state index contributed by atoms with van der Waals surface area (Å²) in [5.74, 6) is -0.886. The van der Waals surface area contributed by atoms with Crippen LogP contribution in [-0.2, 0) is 16.1 Å². The number of carboxylic acids is 1. The van der Waals surface area contributed by atoms with E-state index in [1.807, 2.05) is 11.4 Å². The summed E-state index contributed by atoms with van der Waals surface area (Å²) in [6, 6.07) is 1.90. The van der Waals surface area contributed by atoms with Crippen molar-refractivity contribution in [3.63, 3.8) is 0 Å². The Morgan fingerprint density at radius 1 is 1.38 bits per heavy atom. The number of likely N-dealkylation sites (N-methyl/N-ethyl adjacent to an activating group) is 1. The molecule has 1 aromatic heterocycles. The number of nitrogens with zero attached hydrogens (tertiary/aromatic N) is 2. The number of thiophene rings is 1. The number of carboxylic acid groups (broad SMARTS) is 1. The second-order valence-corrected chi connectivity index (χ2v) is 5.97. The second-order valence-electron chi connectivity index (χ2n) is 4.97. The molecule has 6 heteroatoms. The van der Waals surface area contributed by atoms with Gasteiger partial charge in [0, 0.05) is 31.6 Å². The van der Waals surface area contributed by atoms with Gasteiger partial charge in [-0.3, -0.25) is 9.69 Å². The highest BCUT2D eigenvalue weighted by atomic mass is 32.1. The first-order chi connectivity index (χ1) is 9.93. The number of aliphatic carboxylic acids is 1. The van der Waals surface area contributed by atoms with Gasteiger partial charge in [-0.1, -0.05) is 6.92 Å². The van der Waals surface area contributed by atoms with Gasteiger partial charge in [0.25, 0.3) is 0 Å². The minimum absolute atomic E-state index is 0.0719. The van der Waals surface area contributed by atoms with Gasteiger partial charge in [-0.2, -0.15) is 0 Å². The third-order valence-electron chi connectivity index (χ3n) is 2.95. The van der Waals surface area contributed by atoms with Crippen LogP contribution in [0.25, 0.3) is 6.08 Å². The molecule has 116 valence electrons. The van der Waals surface area contributed by atoms with E-state index in [-0.39, 0.29) is 5.91 Å². The minimum Gasteiger partial charge on any atom is -0.478 e. The Hall–Kier alpha value is -1.66. The molecule has 0 fully saturated rings. The predicted molar refractivity (Wildman–Crippen MR) is 85.3 cm³/mol. The molecule has 0 unspecified atom stereocenters. The maximum absolute atomic E-state index is 11.9. The van der Waals surface area contributed by atoms with Crippen LogP contribution in [0.15, 0.2) is 17.5 Å². The molecule has 1 rings (SSSR count). The zero-order chi connectivity index (χ0) is 15.8. The molecule has 0 aliphatic carbocycles. The standard InChI is InChI=1S/C15H22N2O3S/c1-4-8-17(11-14(18)16(2)3)10-13-12(7-9-21-13)5-6-15(19)20/h5-7,9H,4,8,10-11H2,1-3H3,(H,19,20). The highest BCUT2D eigenvalue weighted by Crippen LogP contribution is 2.20. The Labute approximate surface area is 129 Å². The van der Waals surface area contributed by atoms with Crippen LogP contribution in [-0.4, -0.2) is 54.0 Å². The van der Waals surface area contributed by atoms with Crippen molar-refractivity contribution in [2.75, 3.05) is 27.2 Å². The SMILES string of the molecule is CCCN(CC(=O)N(C)C)Cc1sccc1C=CC(=O)O. The molecular weight excluding hydrogens is 288 g/mol. The topological polar surface area (TPSA) is 60.9 Å². The van der Waals surface area contributed by atoms with Gasteiger partial charge < -0.3 is 10.0 Å². The summed E-state index contributed by atoms with van der Waals surface area (Å²) in [6.07, 6.45) is 3.71. The predicted octanol–water partition coefficient (Wildman–Crippen LogP) is 2.15. The van der Waals surface area contributed by atoms with Crippen LogP contribution in [0.1, 0.15) is 23.8 Å². The zero-order valence-corrected chi connectivity index (χ0v) is 13.5. The summed E-state index contributed by atoms with van der Waals surface area (Å²) >= 11 is 1.58. The molecule has 0 aliphatic rings. The van der Waals surface area contributed by atoms with Crippen LogP contribution in [0, 0.1) is 0 Å². The molecule has 0 spiro atoms. The fourth-order valence-corrected chi connectivity index (χ4v) is 2.76. The first kappa shape index (κ1) is 17.4. The van der Waals surface area contributed by atoms with Gasteiger partial charge >= 0.3 is 5.97 Å². The van der Waals surface area contributed by atoms with Gasteiger partial charge in [-0.15, -0.1) is 11.3 Å². The summed E-state index contributed by atoms with van der Waals surface area (Å²) < 4.78 is 0. The fourth-order valence-electron chi connectivity index (χ4n) is 1.85. The molecule has 1 heterocycles. The van der Waals surface area contributed by atoms with Gasteiger partial charge in [0.15, 0.2) is 0 Å². The van der Waals surface area contributed by atoms with E-state index in [4.69, 9.17) is 5.11 Å². The molecule has 0 saturated carbocycles. The Bertz CT molecular complexity index is 509. The van der Waals surface area contributed by atoms with Crippen molar-refractivity contribution in [1.82, 2.24) is 9.80 Å². The van der Waals surface area contributed by atoms with Crippen molar-refractivity contribution < 1.29 is 14.7 Å². The van der Waals surface area contributed by atoms with E-state index in [0.29, 0.717) is 13.1 Å². The maximum atomic E-state index is 11.9. The number of rotatable bonds is 8. The third kappa shape index (κ3) is 6.10. The highest BCUT2D eigenvalue weighted by Gasteiger charge is 2.14. The molecule has 0 radical (unpaired) electrons. The van der Waals surface area contributed by atoms with Crippen LogP contribution in [0.4, 0.5) is 0 Å². The lowest BCUT2D eigenvalue weighted by Gasteiger charge is -2.22. The van der Waals surface area contributed by atoms with E-state index in [1.54, 1.807) is 36.4 Å². The second kappa shape index (κ2) is 8.59. The third-order valence-corrected chi connectivity index (χ3v) is 3.87. The van der Waals surface area contributed by atoms with Crippen LogP contribution in [0.3, 0.4) is 0 Å². The van der Waals surface area contributed by atoms with Crippen molar-refractivity contribution in [2.45, 2.75) is 19.9 Å². The molecule has 0 atom stereocenters. The van der Waals surface area contributed by atoms with Crippen molar-refractivity contribution in [3.05, 3.63) is 28.0 Å². The molecule has 5 nitrogen and oxygen atoms in total. The van der Waals surface area contributed by atoms with Crippen LogP contribution < -0.4 is 0 Å². The number of carbonyl (C=O) groups is 2. The van der Waals surface area contributed by atoms with Gasteiger partial charge in [0.1, 0.15) is 0 Å². The van der Waals surface area contributed by atoms with E-state index >= 15 is 0 Å². The normalized spacial score (nSPS) is 11.2. The van der Waals surface area contributed by atoms with Crippen molar-refractivity contribution in [3.8, 4) is 0 Å². The average Bonchev–Trinajstić information content (AvgIpc) is 2.83. The first-order valence-corrected chi connectivity index (χ1v) is 7.71. The Morgan fingerprint density at radius 3 is 2.67 bits per heavy atom. The smallest absolute Gasteiger partial charge is 0.328 e. The molecule has 21 heavy (non-hydrogen) atoms. The van der Waals surface area contributed by atoms with E-state index in [1.165, 1.54) is 0 Å². The summed E-state index contributed by atoms with van der Waals surface area (Å²) in [4.78, 5) is 27.2. The van der Waals surface area contributed by atoms with Crippen LogP contribution in [0.5, 0.6) is 0 Å². The number of amides is 1. The zero-order valence-electron chi connectivity index (χ0n) is 12.7. The Morgan fingerprint density at radius 2 is 2.10 bits per heavy atom. The van der Waals surface area contributed by atoms with E-state index in [9.17, 15) is 9.59 Å². The molecule has 0 bridgehead atoms. The lowest BCUT2D eigenvalue weighted by Crippen LogP contribution is -2.36. The van der Waals surface area contributed by atoms with Gasteiger partial charge in [0.2, 0.25) is 5.91 Å². The molecule has 1 amide bonds. The van der Waals surface area contributed by atoms with Gasteiger partial charge in [0.05, 0.1) is 6.54 Å². The average molecular weight is 310 g/mol. The van der Waals surface area contributed by atoms with E-state index in [0.717, 1.165) is 29.5 Å². The summed E-state index contributed by atoms with van der Waals surface area (Å²) in [6.45, 7) is 3.94. The monoisotopic (exact) mass is 310 g/mol. The molecular formula is C15H22N2O3S. The molecule has 1 aromatic rings. The number of carbonyl (C=O) groups excluding carboxylic acids is 1. The van der Waals surface area contributed by atoms with Crippen LogP contribution in [0.2, 0.25) is 0 Å². The largest absolute Gasteiger partial charge is 0.478 e. The minimum atomic E-state index is -0.958.